The van der Waals surface area contributed by atoms with Crippen LogP contribution in [0, 0.1) is 12.8 Å². The van der Waals surface area contributed by atoms with E-state index < -0.39 is 0 Å². The van der Waals surface area contributed by atoms with E-state index in [1.54, 1.807) is 12.1 Å². The molecule has 1 unspecified atom stereocenters. The molecule has 1 aliphatic carbocycles. The number of benzene rings is 2. The van der Waals surface area contributed by atoms with Gasteiger partial charge in [-0.1, -0.05) is 24.3 Å². The van der Waals surface area contributed by atoms with Gasteiger partial charge >= 0.3 is 6.03 Å². The summed E-state index contributed by atoms with van der Waals surface area (Å²) < 4.78 is 0. The highest BCUT2D eigenvalue weighted by Gasteiger charge is 2.41. The van der Waals surface area contributed by atoms with E-state index in [4.69, 9.17) is 5.73 Å². The van der Waals surface area contributed by atoms with Gasteiger partial charge in [-0.15, -0.1) is 12.4 Å². The Kier molecular flexibility index (Phi) is 7.05. The van der Waals surface area contributed by atoms with Crippen LogP contribution in [0.4, 0.5) is 16.2 Å². The smallest absolute Gasteiger partial charge is 0.323 e. The lowest BCUT2D eigenvalue weighted by Gasteiger charge is -2.29. The second kappa shape index (κ2) is 9.08. The van der Waals surface area contributed by atoms with Crippen LogP contribution < -0.4 is 21.7 Å². The molecule has 0 radical (unpaired) electrons. The zero-order valence-corrected chi connectivity index (χ0v) is 16.9. The van der Waals surface area contributed by atoms with Crippen molar-refractivity contribution in [1.29, 1.82) is 0 Å². The fourth-order valence-corrected chi connectivity index (χ4v) is 3.08. The molecule has 1 atom stereocenters. The molecule has 3 amide bonds. The first-order chi connectivity index (χ1) is 12.9. The third kappa shape index (κ3) is 5.24. The first-order valence-electron chi connectivity index (χ1n) is 9.17. The molecule has 5 N–H and O–H groups in total. The fourth-order valence-electron chi connectivity index (χ4n) is 3.08. The minimum atomic E-state index is -0.389. The standard InChI is InChI=1S/C21H26N4O2.ClH/c1-14-8-9-15(19(26)25-21(2,13-22)16-10-11-16)12-18(14)24-20(27)23-17-6-4-3-5-7-17;/h3-9,12,16H,10-11,13,22H2,1-2H3,(H,25,26)(H2,23,24,27);1H. The second-order valence-corrected chi connectivity index (χ2v) is 7.32. The van der Waals surface area contributed by atoms with E-state index in [-0.39, 0.29) is 29.9 Å². The lowest BCUT2D eigenvalue weighted by molar-refractivity contribution is 0.0898. The predicted molar refractivity (Wildman–Crippen MR) is 115 cm³/mol. The van der Waals surface area contributed by atoms with E-state index in [9.17, 15) is 9.59 Å². The summed E-state index contributed by atoms with van der Waals surface area (Å²) in [6, 6.07) is 14.1. The maximum absolute atomic E-state index is 12.7. The highest BCUT2D eigenvalue weighted by molar-refractivity contribution is 6.02. The summed E-state index contributed by atoms with van der Waals surface area (Å²) in [6.45, 7) is 4.27. The molecule has 0 spiro atoms. The number of aryl methyl sites for hydroxylation is 1. The van der Waals surface area contributed by atoms with Gasteiger partial charge in [-0.3, -0.25) is 4.79 Å². The van der Waals surface area contributed by atoms with Crippen molar-refractivity contribution in [3.8, 4) is 0 Å². The van der Waals surface area contributed by atoms with Gasteiger partial charge in [0, 0.05) is 23.5 Å². The Morgan fingerprint density at radius 2 is 1.79 bits per heavy atom. The van der Waals surface area contributed by atoms with Gasteiger partial charge < -0.3 is 21.7 Å². The Morgan fingerprint density at radius 3 is 2.39 bits per heavy atom. The summed E-state index contributed by atoms with van der Waals surface area (Å²) in [5, 5.41) is 8.65. The van der Waals surface area contributed by atoms with Gasteiger partial charge in [-0.25, -0.2) is 4.79 Å². The van der Waals surface area contributed by atoms with Crippen LogP contribution in [0.3, 0.4) is 0 Å². The molecule has 0 heterocycles. The van der Waals surface area contributed by atoms with Crippen molar-refractivity contribution in [2.75, 3.05) is 17.2 Å². The SMILES string of the molecule is Cc1ccc(C(=O)NC(C)(CN)C2CC2)cc1NC(=O)Nc1ccccc1.Cl. The van der Waals surface area contributed by atoms with E-state index in [1.807, 2.05) is 50.2 Å². The summed E-state index contributed by atoms with van der Waals surface area (Å²) in [5.41, 5.74) is 8.16. The van der Waals surface area contributed by atoms with Gasteiger partial charge in [-0.05, 0) is 62.4 Å². The maximum atomic E-state index is 12.7. The van der Waals surface area contributed by atoms with E-state index in [1.165, 1.54) is 0 Å². The van der Waals surface area contributed by atoms with Crippen LogP contribution in [0.5, 0.6) is 0 Å². The molecule has 7 heteroatoms. The number of hydrogen-bond acceptors (Lipinski definition) is 3. The van der Waals surface area contributed by atoms with Crippen molar-refractivity contribution in [3.63, 3.8) is 0 Å². The number of para-hydroxylation sites is 1. The van der Waals surface area contributed by atoms with Crippen molar-refractivity contribution in [2.24, 2.45) is 11.7 Å². The molecule has 3 rings (SSSR count). The summed E-state index contributed by atoms with van der Waals surface area (Å²) in [5.74, 6) is 0.257. The van der Waals surface area contributed by atoms with E-state index >= 15 is 0 Å². The molecule has 28 heavy (non-hydrogen) atoms. The van der Waals surface area contributed by atoms with E-state index in [0.717, 1.165) is 18.4 Å². The molecule has 0 bridgehead atoms. The zero-order chi connectivity index (χ0) is 19.4. The number of halogens is 1. The third-order valence-electron chi connectivity index (χ3n) is 5.08. The molecule has 1 saturated carbocycles. The Bertz CT molecular complexity index is 840. The summed E-state index contributed by atoms with van der Waals surface area (Å²) in [7, 11) is 0. The summed E-state index contributed by atoms with van der Waals surface area (Å²) in [6.07, 6.45) is 2.18. The van der Waals surface area contributed by atoms with Crippen molar-refractivity contribution >= 4 is 35.7 Å². The topological polar surface area (TPSA) is 96.2 Å². The lowest BCUT2D eigenvalue weighted by Crippen LogP contribution is -2.53. The number of nitrogens with two attached hydrogens (primary N) is 1. The highest BCUT2D eigenvalue weighted by atomic mass is 35.5. The number of carbonyl (C=O) groups excluding carboxylic acids is 2. The minimum absolute atomic E-state index is 0. The Hall–Kier alpha value is -2.57. The zero-order valence-electron chi connectivity index (χ0n) is 16.1. The van der Waals surface area contributed by atoms with Gasteiger partial charge in [0.05, 0.1) is 5.54 Å². The highest BCUT2D eigenvalue weighted by Crippen LogP contribution is 2.39. The number of hydrogen-bond donors (Lipinski definition) is 4. The number of amides is 3. The Balaban J connectivity index is 0.00000280. The van der Waals surface area contributed by atoms with Crippen LogP contribution in [0.1, 0.15) is 35.7 Å². The van der Waals surface area contributed by atoms with Crippen molar-refractivity contribution in [2.45, 2.75) is 32.2 Å². The lowest BCUT2D eigenvalue weighted by atomic mass is 9.95. The van der Waals surface area contributed by atoms with Gasteiger partial charge in [0.1, 0.15) is 0 Å². The molecule has 1 fully saturated rings. The van der Waals surface area contributed by atoms with Crippen LogP contribution in [0.25, 0.3) is 0 Å². The average Bonchev–Trinajstić information content (AvgIpc) is 3.50. The summed E-state index contributed by atoms with van der Waals surface area (Å²) in [4.78, 5) is 24.9. The molecule has 150 valence electrons. The molecule has 0 aromatic heterocycles. The first kappa shape index (κ1) is 21.7. The molecule has 0 aliphatic heterocycles. The van der Waals surface area contributed by atoms with Gasteiger partial charge in [0.25, 0.3) is 5.91 Å². The van der Waals surface area contributed by atoms with Crippen LogP contribution in [0.15, 0.2) is 48.5 Å². The van der Waals surface area contributed by atoms with E-state index in [0.29, 0.717) is 29.4 Å². The van der Waals surface area contributed by atoms with Crippen molar-refractivity contribution in [1.82, 2.24) is 5.32 Å². The molecule has 1 aliphatic rings. The summed E-state index contributed by atoms with van der Waals surface area (Å²) >= 11 is 0. The van der Waals surface area contributed by atoms with E-state index in [2.05, 4.69) is 16.0 Å². The van der Waals surface area contributed by atoms with Crippen LogP contribution in [0.2, 0.25) is 0 Å². The second-order valence-electron chi connectivity index (χ2n) is 7.32. The Morgan fingerprint density at radius 1 is 1.11 bits per heavy atom. The average molecular weight is 403 g/mol. The first-order valence-corrected chi connectivity index (χ1v) is 9.17. The maximum Gasteiger partial charge on any atom is 0.323 e. The molecule has 2 aromatic carbocycles. The molecule has 6 nitrogen and oxygen atoms in total. The molecular formula is C21H27ClN4O2. The largest absolute Gasteiger partial charge is 0.345 e. The van der Waals surface area contributed by atoms with Crippen LogP contribution >= 0.6 is 12.4 Å². The number of anilines is 2. The van der Waals surface area contributed by atoms with Crippen molar-refractivity contribution < 1.29 is 9.59 Å². The third-order valence-corrected chi connectivity index (χ3v) is 5.08. The number of carbonyl (C=O) groups is 2. The molecule has 0 saturated heterocycles. The number of rotatable bonds is 6. The minimum Gasteiger partial charge on any atom is -0.345 e. The van der Waals surface area contributed by atoms with Gasteiger partial charge in [-0.2, -0.15) is 0 Å². The quantitative estimate of drug-likeness (QED) is 0.589. The Labute approximate surface area is 171 Å². The predicted octanol–water partition coefficient (Wildman–Crippen LogP) is 3.92. The van der Waals surface area contributed by atoms with Crippen LogP contribution in [-0.4, -0.2) is 24.0 Å². The normalized spacial score (nSPS) is 15.0. The van der Waals surface area contributed by atoms with Crippen molar-refractivity contribution in [3.05, 3.63) is 59.7 Å². The molecular weight excluding hydrogens is 376 g/mol. The van der Waals surface area contributed by atoms with Gasteiger partial charge in [0.15, 0.2) is 0 Å². The fraction of sp³-hybridized carbons (Fsp3) is 0.333. The number of urea groups is 1. The number of nitrogens with one attached hydrogen (secondary N) is 3. The van der Waals surface area contributed by atoms with Crippen LogP contribution in [-0.2, 0) is 0 Å². The molecule has 2 aromatic rings. The monoisotopic (exact) mass is 402 g/mol. The van der Waals surface area contributed by atoms with Gasteiger partial charge in [0.2, 0.25) is 0 Å².